The summed E-state index contributed by atoms with van der Waals surface area (Å²) in [7, 11) is -3.42. The van der Waals surface area contributed by atoms with Gasteiger partial charge in [0.05, 0.1) is 23.3 Å². The molecule has 1 aromatic carbocycles. The average Bonchev–Trinajstić information content (AvgIpc) is 3.30. The minimum atomic E-state index is -3.42. The van der Waals surface area contributed by atoms with Crippen LogP contribution in [0.2, 0.25) is 0 Å². The van der Waals surface area contributed by atoms with E-state index in [1.54, 1.807) is 48.9 Å². The predicted molar refractivity (Wildman–Crippen MR) is 103 cm³/mol. The number of anilines is 1. The maximum absolute atomic E-state index is 12.3. The fraction of sp³-hybridized carbons (Fsp3) is 0.222. The molecule has 142 valence electrons. The number of nitrogens with one attached hydrogen (secondary N) is 1. The van der Waals surface area contributed by atoms with Crippen molar-refractivity contribution >= 4 is 33.0 Å². The Morgan fingerprint density at radius 1 is 1.30 bits per heavy atom. The van der Waals surface area contributed by atoms with Gasteiger partial charge in [0.25, 0.3) is 0 Å². The third-order valence-corrected chi connectivity index (χ3v) is 5.88. The molecule has 0 amide bonds. The van der Waals surface area contributed by atoms with Crippen molar-refractivity contribution in [1.82, 2.24) is 4.98 Å². The van der Waals surface area contributed by atoms with E-state index in [0.29, 0.717) is 28.6 Å². The highest BCUT2D eigenvalue weighted by atomic mass is 32.2. The summed E-state index contributed by atoms with van der Waals surface area (Å²) in [6.07, 6.45) is 2.07. The third-order valence-electron chi connectivity index (χ3n) is 3.48. The third kappa shape index (κ3) is 5.18. The van der Waals surface area contributed by atoms with Gasteiger partial charge in [-0.25, -0.2) is 18.2 Å². The largest absolute Gasteiger partial charge is 0.462 e. The summed E-state index contributed by atoms with van der Waals surface area (Å²) in [5, 5.41) is 2.50. The van der Waals surface area contributed by atoms with Crippen molar-refractivity contribution in [1.29, 1.82) is 0 Å². The van der Waals surface area contributed by atoms with Crippen molar-refractivity contribution < 1.29 is 22.4 Å². The molecule has 0 spiro atoms. The Morgan fingerprint density at radius 2 is 2.15 bits per heavy atom. The lowest BCUT2D eigenvalue weighted by Crippen LogP contribution is -2.16. The van der Waals surface area contributed by atoms with Gasteiger partial charge in [-0.3, -0.25) is 4.72 Å². The van der Waals surface area contributed by atoms with Gasteiger partial charge in [0.2, 0.25) is 10.0 Å². The van der Waals surface area contributed by atoms with E-state index in [9.17, 15) is 13.2 Å². The van der Waals surface area contributed by atoms with Crippen molar-refractivity contribution in [3.05, 3.63) is 59.3 Å². The molecule has 0 aliphatic carbocycles. The number of thiazole rings is 1. The SMILES string of the molecule is CCCS(=O)(=O)Nc1cccc(C(=O)OCc2csc(-c3ccco3)n2)c1. The van der Waals surface area contributed by atoms with Crippen LogP contribution in [-0.2, 0) is 21.4 Å². The number of ether oxygens (including phenoxy) is 1. The van der Waals surface area contributed by atoms with Crippen LogP contribution in [0.3, 0.4) is 0 Å². The molecule has 7 nitrogen and oxygen atoms in total. The van der Waals surface area contributed by atoms with Crippen LogP contribution in [0.25, 0.3) is 10.8 Å². The van der Waals surface area contributed by atoms with Crippen LogP contribution < -0.4 is 4.72 Å². The number of benzene rings is 1. The monoisotopic (exact) mass is 406 g/mol. The zero-order valence-electron chi connectivity index (χ0n) is 14.5. The molecule has 9 heteroatoms. The molecule has 0 fully saturated rings. The lowest BCUT2D eigenvalue weighted by Gasteiger charge is -2.08. The van der Waals surface area contributed by atoms with Gasteiger partial charge in [0.15, 0.2) is 10.8 Å². The minimum absolute atomic E-state index is 0.0157. The fourth-order valence-corrected chi connectivity index (χ4v) is 4.21. The maximum atomic E-state index is 12.3. The fourth-order valence-electron chi connectivity index (χ4n) is 2.32. The number of furan rings is 1. The Labute approximate surface area is 161 Å². The van der Waals surface area contributed by atoms with Crippen LogP contribution in [0.5, 0.6) is 0 Å². The van der Waals surface area contributed by atoms with Gasteiger partial charge < -0.3 is 9.15 Å². The second-order valence-electron chi connectivity index (χ2n) is 5.70. The van der Waals surface area contributed by atoms with Crippen molar-refractivity contribution in [3.8, 4) is 10.8 Å². The van der Waals surface area contributed by atoms with Gasteiger partial charge in [-0.15, -0.1) is 11.3 Å². The first-order valence-corrected chi connectivity index (χ1v) is 10.8. The van der Waals surface area contributed by atoms with Crippen LogP contribution in [0.15, 0.2) is 52.5 Å². The minimum Gasteiger partial charge on any atom is -0.462 e. The lowest BCUT2D eigenvalue weighted by atomic mass is 10.2. The zero-order valence-corrected chi connectivity index (χ0v) is 16.2. The summed E-state index contributed by atoms with van der Waals surface area (Å²) in [5.74, 6) is 0.118. The number of aromatic nitrogens is 1. The Hall–Kier alpha value is -2.65. The molecule has 2 aromatic heterocycles. The highest BCUT2D eigenvalue weighted by Gasteiger charge is 2.13. The summed E-state index contributed by atoms with van der Waals surface area (Å²) < 4.78 is 36.7. The van der Waals surface area contributed by atoms with E-state index in [0.717, 1.165) is 0 Å². The lowest BCUT2D eigenvalue weighted by molar-refractivity contribution is 0.0468. The first kappa shape index (κ1) is 19.1. The van der Waals surface area contributed by atoms with Gasteiger partial charge in [-0.2, -0.15) is 0 Å². The molecule has 27 heavy (non-hydrogen) atoms. The quantitative estimate of drug-likeness (QED) is 0.570. The van der Waals surface area contributed by atoms with E-state index in [2.05, 4.69) is 9.71 Å². The topological polar surface area (TPSA) is 98.5 Å². The number of rotatable bonds is 8. The number of carbonyl (C=O) groups is 1. The van der Waals surface area contributed by atoms with Gasteiger partial charge >= 0.3 is 5.97 Å². The molecule has 0 atom stereocenters. The second-order valence-corrected chi connectivity index (χ2v) is 8.40. The Bertz CT molecular complexity index is 1010. The van der Waals surface area contributed by atoms with Crippen molar-refractivity contribution in [3.63, 3.8) is 0 Å². The molecular formula is C18H18N2O5S2. The number of carbonyl (C=O) groups excluding carboxylic acids is 1. The molecule has 0 aliphatic heterocycles. The zero-order chi connectivity index (χ0) is 19.3. The van der Waals surface area contributed by atoms with E-state index in [-0.39, 0.29) is 17.9 Å². The van der Waals surface area contributed by atoms with Gasteiger partial charge in [-0.1, -0.05) is 13.0 Å². The number of nitrogens with zero attached hydrogens (tertiary/aromatic N) is 1. The molecule has 1 N–H and O–H groups in total. The van der Waals surface area contributed by atoms with E-state index in [4.69, 9.17) is 9.15 Å². The van der Waals surface area contributed by atoms with Crippen LogP contribution in [0.4, 0.5) is 5.69 Å². The summed E-state index contributed by atoms with van der Waals surface area (Å²) in [6, 6.07) is 9.77. The Balaban J connectivity index is 1.62. The molecule has 0 radical (unpaired) electrons. The Kier molecular flexibility index (Phi) is 5.92. The van der Waals surface area contributed by atoms with E-state index in [1.807, 2.05) is 0 Å². The van der Waals surface area contributed by atoms with E-state index < -0.39 is 16.0 Å². The highest BCUT2D eigenvalue weighted by Crippen LogP contribution is 2.24. The molecule has 3 rings (SSSR count). The maximum Gasteiger partial charge on any atom is 0.338 e. The number of hydrogen-bond acceptors (Lipinski definition) is 7. The first-order chi connectivity index (χ1) is 13.0. The number of esters is 1. The summed E-state index contributed by atoms with van der Waals surface area (Å²) >= 11 is 1.40. The average molecular weight is 406 g/mol. The molecule has 0 saturated carbocycles. The molecule has 3 aromatic rings. The molecule has 2 heterocycles. The van der Waals surface area contributed by atoms with Gasteiger partial charge in [0.1, 0.15) is 6.61 Å². The Morgan fingerprint density at radius 3 is 2.89 bits per heavy atom. The normalized spacial score (nSPS) is 11.3. The smallest absolute Gasteiger partial charge is 0.338 e. The van der Waals surface area contributed by atoms with Crippen LogP contribution in [0.1, 0.15) is 29.4 Å². The molecule has 0 saturated heterocycles. The molecule has 0 aliphatic rings. The number of sulfonamides is 1. The van der Waals surface area contributed by atoms with Crippen molar-refractivity contribution in [2.45, 2.75) is 20.0 Å². The second kappa shape index (κ2) is 8.36. The van der Waals surface area contributed by atoms with E-state index in [1.165, 1.54) is 17.4 Å². The summed E-state index contributed by atoms with van der Waals surface area (Å²) in [4.78, 5) is 16.6. The summed E-state index contributed by atoms with van der Waals surface area (Å²) in [5.41, 5.74) is 1.19. The van der Waals surface area contributed by atoms with Gasteiger partial charge in [-0.05, 0) is 36.8 Å². The standard InChI is InChI=1S/C18H18N2O5S2/c1-2-9-27(22,23)20-14-6-3-5-13(10-14)18(21)25-11-15-12-26-17(19-15)16-7-4-8-24-16/h3-8,10,12,20H,2,9,11H2,1H3. The molecule has 0 unspecified atom stereocenters. The molecular weight excluding hydrogens is 388 g/mol. The van der Waals surface area contributed by atoms with Crippen LogP contribution >= 0.6 is 11.3 Å². The van der Waals surface area contributed by atoms with Crippen LogP contribution in [-0.4, -0.2) is 25.1 Å². The first-order valence-electron chi connectivity index (χ1n) is 8.23. The van der Waals surface area contributed by atoms with E-state index >= 15 is 0 Å². The van der Waals surface area contributed by atoms with Crippen LogP contribution in [0, 0.1) is 0 Å². The highest BCUT2D eigenvalue weighted by molar-refractivity contribution is 7.92. The predicted octanol–water partition coefficient (Wildman–Crippen LogP) is 3.91. The van der Waals surface area contributed by atoms with Gasteiger partial charge in [0, 0.05) is 11.1 Å². The molecule has 0 bridgehead atoms. The van der Waals surface area contributed by atoms with Crippen molar-refractivity contribution in [2.75, 3.05) is 10.5 Å². The van der Waals surface area contributed by atoms with Crippen molar-refractivity contribution in [2.24, 2.45) is 0 Å². The summed E-state index contributed by atoms with van der Waals surface area (Å²) in [6.45, 7) is 1.80. The number of hydrogen-bond donors (Lipinski definition) is 1.